The summed E-state index contributed by atoms with van der Waals surface area (Å²) in [5.74, 6) is 0. The van der Waals surface area contributed by atoms with Crippen LogP contribution in [0, 0.1) is 41.5 Å². The minimum Gasteiger partial charge on any atom is -0.278 e. The fourth-order valence-electron chi connectivity index (χ4n) is 2.66. The summed E-state index contributed by atoms with van der Waals surface area (Å²) in [4.78, 5) is 4.50. The van der Waals surface area contributed by atoms with Gasteiger partial charge in [-0.3, -0.25) is 9.71 Å². The lowest BCUT2D eigenvalue weighted by Crippen LogP contribution is -2.18. The van der Waals surface area contributed by atoms with Gasteiger partial charge in [-0.15, -0.1) is 0 Å². The highest BCUT2D eigenvalue weighted by Crippen LogP contribution is 2.31. The molecule has 2 rings (SSSR count). The zero-order valence-electron chi connectivity index (χ0n) is 13.9. The summed E-state index contributed by atoms with van der Waals surface area (Å²) in [6.07, 6.45) is 1.64. The van der Waals surface area contributed by atoms with E-state index < -0.39 is 10.0 Å². The third-order valence-electron chi connectivity index (χ3n) is 4.45. The van der Waals surface area contributed by atoms with Crippen LogP contribution in [0.25, 0.3) is 0 Å². The van der Waals surface area contributed by atoms with Crippen molar-refractivity contribution < 1.29 is 8.42 Å². The van der Waals surface area contributed by atoms with Crippen LogP contribution in [0.15, 0.2) is 23.2 Å². The van der Waals surface area contributed by atoms with E-state index in [1.165, 1.54) is 0 Å². The minimum absolute atomic E-state index is 0.372. The molecule has 0 unspecified atom stereocenters. The summed E-state index contributed by atoms with van der Waals surface area (Å²) < 4.78 is 28.4. The molecule has 0 bridgehead atoms. The topological polar surface area (TPSA) is 59.1 Å². The average Bonchev–Trinajstić information content (AvgIpc) is 2.45. The van der Waals surface area contributed by atoms with Crippen molar-refractivity contribution in [3.63, 3.8) is 0 Å². The molecular weight excluding hydrogens is 296 g/mol. The van der Waals surface area contributed by atoms with Gasteiger partial charge in [0.05, 0.1) is 16.3 Å². The maximum absolute atomic E-state index is 12.9. The maximum Gasteiger partial charge on any atom is 0.262 e. The van der Waals surface area contributed by atoms with Crippen LogP contribution in [0.1, 0.15) is 33.5 Å². The Hall–Kier alpha value is -1.88. The van der Waals surface area contributed by atoms with Gasteiger partial charge in [-0.2, -0.15) is 0 Å². The van der Waals surface area contributed by atoms with Crippen molar-refractivity contribution in [2.45, 2.75) is 46.4 Å². The van der Waals surface area contributed by atoms with Gasteiger partial charge in [-0.1, -0.05) is 0 Å². The zero-order valence-corrected chi connectivity index (χ0v) is 14.7. The van der Waals surface area contributed by atoms with Gasteiger partial charge in [0.15, 0.2) is 0 Å². The largest absolute Gasteiger partial charge is 0.278 e. The van der Waals surface area contributed by atoms with Crippen molar-refractivity contribution in [2.24, 2.45) is 0 Å². The molecule has 0 aliphatic carbocycles. The van der Waals surface area contributed by atoms with E-state index in [0.29, 0.717) is 16.3 Å². The number of aryl methyl sites for hydroxylation is 1. The van der Waals surface area contributed by atoms with E-state index in [9.17, 15) is 8.42 Å². The maximum atomic E-state index is 12.9. The number of nitrogens with one attached hydrogen (secondary N) is 1. The molecule has 0 radical (unpaired) electrons. The molecular formula is C17H22N2O2S. The van der Waals surface area contributed by atoms with Gasteiger partial charge in [-0.25, -0.2) is 8.42 Å². The Bertz CT molecular complexity index is 811. The molecule has 118 valence electrons. The highest BCUT2D eigenvalue weighted by atomic mass is 32.2. The molecule has 0 saturated heterocycles. The molecule has 5 heteroatoms. The molecule has 1 N–H and O–H groups in total. The lowest BCUT2D eigenvalue weighted by Gasteiger charge is -2.19. The first-order chi connectivity index (χ1) is 10.2. The van der Waals surface area contributed by atoms with E-state index in [0.717, 1.165) is 27.8 Å². The summed E-state index contributed by atoms with van der Waals surface area (Å²) in [6.45, 7) is 11.5. The fraction of sp³-hybridized carbons (Fsp3) is 0.353. The molecule has 22 heavy (non-hydrogen) atoms. The van der Waals surface area contributed by atoms with Crippen LogP contribution >= 0.6 is 0 Å². The van der Waals surface area contributed by atoms with Crippen LogP contribution < -0.4 is 4.72 Å². The van der Waals surface area contributed by atoms with Crippen LogP contribution in [0.5, 0.6) is 0 Å². The molecule has 0 spiro atoms. The van der Waals surface area contributed by atoms with Gasteiger partial charge in [0.2, 0.25) is 0 Å². The Morgan fingerprint density at radius 1 is 0.864 bits per heavy atom. The second-order valence-electron chi connectivity index (χ2n) is 5.70. The van der Waals surface area contributed by atoms with E-state index in [4.69, 9.17) is 0 Å². The molecule has 1 heterocycles. The van der Waals surface area contributed by atoms with Crippen molar-refractivity contribution in [3.8, 4) is 0 Å². The van der Waals surface area contributed by atoms with Gasteiger partial charge >= 0.3 is 0 Å². The molecule has 0 saturated carbocycles. The number of pyridine rings is 1. The lowest BCUT2D eigenvalue weighted by molar-refractivity contribution is 0.599. The summed E-state index contributed by atoms with van der Waals surface area (Å²) in [7, 11) is -3.65. The Kier molecular flexibility index (Phi) is 4.29. The van der Waals surface area contributed by atoms with Crippen LogP contribution in [-0.2, 0) is 10.0 Å². The molecule has 0 atom stereocenters. The summed E-state index contributed by atoms with van der Waals surface area (Å²) in [5.41, 5.74) is 5.95. The standard InChI is InChI=1S/C17H22N2O2S/c1-10-11(2)13(4)17(14(5)12(10)3)22(20,21)19-16-8-7-9-18-15(16)6/h7-9,19H,1-6H3. The van der Waals surface area contributed by atoms with Crippen molar-refractivity contribution in [2.75, 3.05) is 4.72 Å². The van der Waals surface area contributed by atoms with Crippen LogP contribution in [0.4, 0.5) is 5.69 Å². The summed E-state index contributed by atoms with van der Waals surface area (Å²) in [5, 5.41) is 0. The SMILES string of the molecule is Cc1ncccc1NS(=O)(=O)c1c(C)c(C)c(C)c(C)c1C. The molecule has 1 aromatic carbocycles. The Morgan fingerprint density at radius 3 is 1.86 bits per heavy atom. The Balaban J connectivity index is 2.63. The number of rotatable bonds is 3. The van der Waals surface area contributed by atoms with E-state index in [2.05, 4.69) is 9.71 Å². The van der Waals surface area contributed by atoms with Gasteiger partial charge in [0, 0.05) is 6.20 Å². The van der Waals surface area contributed by atoms with Gasteiger partial charge in [0.1, 0.15) is 0 Å². The third kappa shape index (κ3) is 2.73. The monoisotopic (exact) mass is 318 g/mol. The molecule has 0 fully saturated rings. The average molecular weight is 318 g/mol. The molecule has 4 nitrogen and oxygen atoms in total. The Labute approximate surface area is 132 Å². The number of benzene rings is 1. The predicted octanol–water partition coefficient (Wildman–Crippen LogP) is 3.73. The van der Waals surface area contributed by atoms with Crippen molar-refractivity contribution >= 4 is 15.7 Å². The lowest BCUT2D eigenvalue weighted by atomic mass is 9.95. The fourth-order valence-corrected chi connectivity index (χ4v) is 4.38. The first-order valence-corrected chi connectivity index (χ1v) is 8.66. The number of aromatic nitrogens is 1. The highest BCUT2D eigenvalue weighted by Gasteiger charge is 2.24. The van der Waals surface area contributed by atoms with Crippen molar-refractivity contribution in [1.82, 2.24) is 4.98 Å². The number of hydrogen-bond acceptors (Lipinski definition) is 3. The first-order valence-electron chi connectivity index (χ1n) is 7.18. The summed E-state index contributed by atoms with van der Waals surface area (Å²) >= 11 is 0. The third-order valence-corrected chi connectivity index (χ3v) is 6.09. The normalized spacial score (nSPS) is 11.5. The van der Waals surface area contributed by atoms with Gasteiger partial charge in [0.25, 0.3) is 10.0 Å². The molecule has 0 aliphatic heterocycles. The molecule has 0 aliphatic rings. The van der Waals surface area contributed by atoms with Crippen LogP contribution in [0.3, 0.4) is 0 Å². The Morgan fingerprint density at radius 2 is 1.36 bits per heavy atom. The number of nitrogens with zero attached hydrogens (tertiary/aromatic N) is 1. The number of anilines is 1. The van der Waals surface area contributed by atoms with E-state index in [1.54, 1.807) is 25.3 Å². The van der Waals surface area contributed by atoms with Gasteiger partial charge in [-0.05, 0) is 81.5 Å². The quantitative estimate of drug-likeness (QED) is 0.938. The molecule has 0 amide bonds. The van der Waals surface area contributed by atoms with E-state index >= 15 is 0 Å². The smallest absolute Gasteiger partial charge is 0.262 e. The molecule has 1 aromatic heterocycles. The zero-order chi connectivity index (χ0) is 16.7. The first kappa shape index (κ1) is 16.5. The van der Waals surface area contributed by atoms with E-state index in [-0.39, 0.29) is 0 Å². The minimum atomic E-state index is -3.65. The second kappa shape index (κ2) is 5.72. The highest BCUT2D eigenvalue weighted by molar-refractivity contribution is 7.92. The van der Waals surface area contributed by atoms with Crippen LogP contribution in [0.2, 0.25) is 0 Å². The van der Waals surface area contributed by atoms with Crippen molar-refractivity contribution in [1.29, 1.82) is 0 Å². The summed E-state index contributed by atoms with van der Waals surface area (Å²) in [6, 6.07) is 3.44. The predicted molar refractivity (Wildman–Crippen MR) is 89.9 cm³/mol. The van der Waals surface area contributed by atoms with Gasteiger partial charge < -0.3 is 0 Å². The number of hydrogen-bond donors (Lipinski definition) is 1. The number of sulfonamides is 1. The molecule has 2 aromatic rings. The second-order valence-corrected chi connectivity index (χ2v) is 7.32. The van der Waals surface area contributed by atoms with Crippen LogP contribution in [-0.4, -0.2) is 13.4 Å². The van der Waals surface area contributed by atoms with Crippen molar-refractivity contribution in [3.05, 3.63) is 51.8 Å². The van der Waals surface area contributed by atoms with E-state index in [1.807, 2.05) is 34.6 Å².